The number of aromatic nitrogens is 2. The molecule has 0 aliphatic rings. The summed E-state index contributed by atoms with van der Waals surface area (Å²) in [5.74, 6) is 1.65. The van der Waals surface area contributed by atoms with Gasteiger partial charge in [0.2, 0.25) is 5.95 Å². The van der Waals surface area contributed by atoms with Crippen molar-refractivity contribution in [3.05, 3.63) is 36.5 Å². The lowest BCUT2D eigenvalue weighted by molar-refractivity contribution is 0.190. The SMILES string of the molecule is CCCNC(=O)N(c1ccc(OCC)cc1)c1ccnc(N[C@@H](C)COC)n1. The van der Waals surface area contributed by atoms with Gasteiger partial charge in [-0.1, -0.05) is 6.92 Å². The van der Waals surface area contributed by atoms with Gasteiger partial charge < -0.3 is 20.1 Å². The topological polar surface area (TPSA) is 88.6 Å². The highest BCUT2D eigenvalue weighted by Gasteiger charge is 2.20. The highest BCUT2D eigenvalue weighted by atomic mass is 16.5. The number of rotatable bonds is 10. The fourth-order valence-corrected chi connectivity index (χ4v) is 2.58. The average molecular weight is 387 g/mol. The number of hydrogen-bond donors (Lipinski definition) is 2. The van der Waals surface area contributed by atoms with Gasteiger partial charge in [-0.3, -0.25) is 0 Å². The van der Waals surface area contributed by atoms with E-state index in [0.717, 1.165) is 12.2 Å². The zero-order chi connectivity index (χ0) is 20.4. The van der Waals surface area contributed by atoms with E-state index in [1.807, 2.05) is 45.0 Å². The number of urea groups is 1. The number of anilines is 3. The number of carbonyl (C=O) groups is 1. The molecule has 2 amide bonds. The molecule has 8 heteroatoms. The highest BCUT2D eigenvalue weighted by molar-refractivity contribution is 5.98. The van der Waals surface area contributed by atoms with Crippen LogP contribution in [0.3, 0.4) is 0 Å². The summed E-state index contributed by atoms with van der Waals surface area (Å²) < 4.78 is 10.6. The third kappa shape index (κ3) is 6.09. The zero-order valence-corrected chi connectivity index (χ0v) is 16.9. The van der Waals surface area contributed by atoms with Gasteiger partial charge >= 0.3 is 6.03 Å². The van der Waals surface area contributed by atoms with Crippen LogP contribution < -0.4 is 20.3 Å². The van der Waals surface area contributed by atoms with E-state index in [4.69, 9.17) is 9.47 Å². The van der Waals surface area contributed by atoms with Crippen molar-refractivity contribution in [3.63, 3.8) is 0 Å². The number of benzene rings is 1. The fourth-order valence-electron chi connectivity index (χ4n) is 2.58. The van der Waals surface area contributed by atoms with Gasteiger partial charge in [-0.05, 0) is 44.5 Å². The van der Waals surface area contributed by atoms with E-state index < -0.39 is 0 Å². The Balaban J connectivity index is 2.32. The number of amides is 2. The second-order valence-corrected chi connectivity index (χ2v) is 6.23. The number of nitrogens with one attached hydrogen (secondary N) is 2. The molecule has 8 nitrogen and oxygen atoms in total. The number of methoxy groups -OCH3 is 1. The summed E-state index contributed by atoms with van der Waals surface area (Å²) in [5, 5.41) is 6.08. The second kappa shape index (κ2) is 11.1. The number of hydrogen-bond acceptors (Lipinski definition) is 6. The van der Waals surface area contributed by atoms with E-state index in [0.29, 0.717) is 37.2 Å². The van der Waals surface area contributed by atoms with Crippen LogP contribution in [0.2, 0.25) is 0 Å². The van der Waals surface area contributed by atoms with Crippen LogP contribution in [-0.4, -0.2) is 48.9 Å². The Bertz CT molecular complexity index is 739. The molecule has 0 saturated carbocycles. The molecule has 0 radical (unpaired) electrons. The van der Waals surface area contributed by atoms with Crippen molar-refractivity contribution >= 4 is 23.5 Å². The van der Waals surface area contributed by atoms with Crippen molar-refractivity contribution in [1.29, 1.82) is 0 Å². The summed E-state index contributed by atoms with van der Waals surface area (Å²) in [6.45, 7) is 7.59. The molecule has 28 heavy (non-hydrogen) atoms. The van der Waals surface area contributed by atoms with Crippen LogP contribution in [0.4, 0.5) is 22.2 Å². The van der Waals surface area contributed by atoms with E-state index >= 15 is 0 Å². The van der Waals surface area contributed by atoms with Gasteiger partial charge in [0.15, 0.2) is 0 Å². The van der Waals surface area contributed by atoms with Crippen molar-refractivity contribution in [1.82, 2.24) is 15.3 Å². The maximum Gasteiger partial charge on any atom is 0.327 e. The number of carbonyl (C=O) groups excluding carboxylic acids is 1. The maximum atomic E-state index is 12.8. The average Bonchev–Trinajstić information content (AvgIpc) is 2.68. The van der Waals surface area contributed by atoms with Gasteiger partial charge in [-0.25, -0.2) is 14.7 Å². The molecule has 1 aromatic carbocycles. The minimum Gasteiger partial charge on any atom is -0.494 e. The van der Waals surface area contributed by atoms with Crippen LogP contribution in [0.15, 0.2) is 36.5 Å². The molecule has 0 unspecified atom stereocenters. The molecule has 0 saturated heterocycles. The van der Waals surface area contributed by atoms with Gasteiger partial charge in [-0.15, -0.1) is 0 Å². The van der Waals surface area contributed by atoms with E-state index in [1.54, 1.807) is 19.4 Å². The Kier molecular flexibility index (Phi) is 8.48. The smallest absolute Gasteiger partial charge is 0.327 e. The molecule has 0 aliphatic carbocycles. The lowest BCUT2D eigenvalue weighted by Gasteiger charge is -2.23. The normalized spacial score (nSPS) is 11.6. The predicted octanol–water partition coefficient (Wildman–Crippen LogP) is 3.58. The van der Waals surface area contributed by atoms with E-state index in [9.17, 15) is 4.79 Å². The monoisotopic (exact) mass is 387 g/mol. The Labute approximate surface area is 166 Å². The van der Waals surface area contributed by atoms with Crippen molar-refractivity contribution in [2.75, 3.05) is 37.1 Å². The van der Waals surface area contributed by atoms with Gasteiger partial charge in [0.05, 0.1) is 18.9 Å². The number of nitrogens with zero attached hydrogens (tertiary/aromatic N) is 3. The Morgan fingerprint density at radius 3 is 2.61 bits per heavy atom. The molecule has 0 bridgehead atoms. The van der Waals surface area contributed by atoms with Crippen LogP contribution >= 0.6 is 0 Å². The molecule has 0 spiro atoms. The van der Waals surface area contributed by atoms with Crippen molar-refractivity contribution in [3.8, 4) is 5.75 Å². The lowest BCUT2D eigenvalue weighted by atomic mass is 10.2. The molecule has 2 rings (SSSR count). The van der Waals surface area contributed by atoms with Gasteiger partial charge in [0.1, 0.15) is 11.6 Å². The summed E-state index contributed by atoms with van der Waals surface area (Å²) in [6, 6.07) is 8.82. The van der Waals surface area contributed by atoms with Crippen molar-refractivity contribution < 1.29 is 14.3 Å². The fraction of sp³-hybridized carbons (Fsp3) is 0.450. The first kappa shape index (κ1) is 21.4. The third-order valence-corrected chi connectivity index (χ3v) is 3.80. The maximum absolute atomic E-state index is 12.8. The van der Waals surface area contributed by atoms with Gasteiger partial charge in [-0.2, -0.15) is 4.98 Å². The first-order chi connectivity index (χ1) is 13.6. The first-order valence-corrected chi connectivity index (χ1v) is 9.48. The molecule has 2 aromatic rings. The van der Waals surface area contributed by atoms with Gasteiger partial charge in [0.25, 0.3) is 0 Å². The molecule has 1 atom stereocenters. The molecule has 0 aliphatic heterocycles. The van der Waals surface area contributed by atoms with Crippen molar-refractivity contribution in [2.45, 2.75) is 33.2 Å². The quantitative estimate of drug-likeness (QED) is 0.648. The summed E-state index contributed by atoms with van der Waals surface area (Å²) in [7, 11) is 1.64. The minimum atomic E-state index is -0.249. The summed E-state index contributed by atoms with van der Waals surface area (Å²) >= 11 is 0. The predicted molar refractivity (Wildman–Crippen MR) is 110 cm³/mol. The molecular weight excluding hydrogens is 358 g/mol. The number of ether oxygens (including phenoxy) is 2. The van der Waals surface area contributed by atoms with E-state index in [-0.39, 0.29) is 12.1 Å². The molecule has 0 fully saturated rings. The van der Waals surface area contributed by atoms with Crippen LogP contribution in [0.1, 0.15) is 27.2 Å². The molecule has 152 valence electrons. The van der Waals surface area contributed by atoms with E-state index in [1.165, 1.54) is 4.90 Å². The Hall–Kier alpha value is -2.87. The molecule has 2 N–H and O–H groups in total. The van der Waals surface area contributed by atoms with Crippen LogP contribution in [0, 0.1) is 0 Å². The highest BCUT2D eigenvalue weighted by Crippen LogP contribution is 2.26. The standard InChI is InChI=1S/C20H29N5O3/c1-5-12-22-20(26)25(16-7-9-17(10-8-16)28-6-2)18-11-13-21-19(24-18)23-15(3)14-27-4/h7-11,13,15H,5-6,12,14H2,1-4H3,(H,22,26)(H,21,23,24)/t15-/m0/s1. The van der Waals surface area contributed by atoms with Crippen LogP contribution in [0.5, 0.6) is 5.75 Å². The van der Waals surface area contributed by atoms with Crippen LogP contribution in [0.25, 0.3) is 0 Å². The zero-order valence-electron chi connectivity index (χ0n) is 16.9. The third-order valence-electron chi connectivity index (χ3n) is 3.80. The molecule has 1 heterocycles. The summed E-state index contributed by atoms with van der Waals surface area (Å²) in [4.78, 5) is 23.1. The Morgan fingerprint density at radius 1 is 1.21 bits per heavy atom. The molecule has 1 aromatic heterocycles. The lowest BCUT2D eigenvalue weighted by Crippen LogP contribution is -2.37. The van der Waals surface area contributed by atoms with Crippen LogP contribution in [-0.2, 0) is 4.74 Å². The van der Waals surface area contributed by atoms with E-state index in [2.05, 4.69) is 20.6 Å². The first-order valence-electron chi connectivity index (χ1n) is 9.48. The molecular formula is C20H29N5O3. The summed E-state index contributed by atoms with van der Waals surface area (Å²) in [6.07, 6.45) is 2.47. The largest absolute Gasteiger partial charge is 0.494 e. The Morgan fingerprint density at radius 2 is 1.96 bits per heavy atom. The van der Waals surface area contributed by atoms with Crippen molar-refractivity contribution in [2.24, 2.45) is 0 Å². The minimum absolute atomic E-state index is 0.0353. The second-order valence-electron chi connectivity index (χ2n) is 6.23. The van der Waals surface area contributed by atoms with Gasteiger partial charge in [0, 0.05) is 32.0 Å². The summed E-state index contributed by atoms with van der Waals surface area (Å²) in [5.41, 5.74) is 0.687.